The molecule has 2 N–H and O–H groups in total. The van der Waals surface area contributed by atoms with E-state index in [2.05, 4.69) is 20.3 Å². The van der Waals surface area contributed by atoms with Crippen molar-refractivity contribution in [1.29, 1.82) is 0 Å². The molecule has 3 heterocycles. The maximum atomic E-state index is 13.6. The lowest BCUT2D eigenvalue weighted by molar-refractivity contribution is -0.178. The van der Waals surface area contributed by atoms with Gasteiger partial charge in [-0.2, -0.15) is 26.3 Å². The van der Waals surface area contributed by atoms with Gasteiger partial charge in [0, 0.05) is 16.3 Å². The predicted molar refractivity (Wildman–Crippen MR) is 94.3 cm³/mol. The number of thiophene rings is 1. The molecule has 28 heavy (non-hydrogen) atoms. The zero-order valence-corrected chi connectivity index (χ0v) is 16.4. The van der Waals surface area contributed by atoms with Crippen LogP contribution < -0.4 is 14.8 Å². The van der Waals surface area contributed by atoms with E-state index in [0.717, 1.165) is 11.3 Å². The number of aromatic nitrogens is 3. The van der Waals surface area contributed by atoms with E-state index < -0.39 is 28.5 Å². The van der Waals surface area contributed by atoms with Crippen LogP contribution in [0.3, 0.4) is 0 Å². The number of carbonyl (C=O) groups is 1. The Kier molecular flexibility index (Phi) is 5.74. The SMILES string of the molecule is COc1nc(C)nc(NC(=O)NS(=O)(=O)c2cscc2C2(CF)OCCO2)n1. The summed E-state index contributed by atoms with van der Waals surface area (Å²) in [6.45, 7) is 0.698. The second-order valence-electron chi connectivity index (χ2n) is 5.49. The lowest BCUT2D eigenvalue weighted by Gasteiger charge is -2.24. The topological polar surface area (TPSA) is 142 Å². The number of methoxy groups -OCH3 is 1. The molecule has 0 saturated carbocycles. The van der Waals surface area contributed by atoms with Gasteiger partial charge in [0.1, 0.15) is 17.4 Å². The van der Waals surface area contributed by atoms with Crippen molar-refractivity contribution in [3.63, 3.8) is 0 Å². The van der Waals surface area contributed by atoms with Crippen molar-refractivity contribution >= 4 is 33.3 Å². The van der Waals surface area contributed by atoms with E-state index in [-0.39, 0.29) is 41.5 Å². The Morgan fingerprint density at radius 1 is 1.32 bits per heavy atom. The van der Waals surface area contributed by atoms with Gasteiger partial charge in [0.25, 0.3) is 10.0 Å². The summed E-state index contributed by atoms with van der Waals surface area (Å²) in [7, 11) is -3.03. The fourth-order valence-electron chi connectivity index (χ4n) is 2.44. The summed E-state index contributed by atoms with van der Waals surface area (Å²) in [6.07, 6.45) is 0. The molecule has 2 aromatic rings. The van der Waals surface area contributed by atoms with Crippen LogP contribution in [0.15, 0.2) is 15.7 Å². The molecule has 0 aliphatic carbocycles. The fourth-order valence-corrected chi connectivity index (χ4v) is 4.86. The van der Waals surface area contributed by atoms with Crippen LogP contribution in [0.25, 0.3) is 0 Å². The average molecular weight is 433 g/mol. The lowest BCUT2D eigenvalue weighted by atomic mass is 10.1. The lowest BCUT2D eigenvalue weighted by Crippen LogP contribution is -2.37. The number of ether oxygens (including phenoxy) is 3. The average Bonchev–Trinajstić information content (AvgIpc) is 3.30. The van der Waals surface area contributed by atoms with Crippen molar-refractivity contribution in [2.45, 2.75) is 17.6 Å². The number of sulfonamides is 1. The summed E-state index contributed by atoms with van der Waals surface area (Å²) in [6, 6.07) is -1.17. The Morgan fingerprint density at radius 2 is 2.04 bits per heavy atom. The Bertz CT molecular complexity index is 976. The highest BCUT2D eigenvalue weighted by Crippen LogP contribution is 2.38. The van der Waals surface area contributed by atoms with Gasteiger partial charge in [0.2, 0.25) is 11.7 Å². The molecule has 11 nitrogen and oxygen atoms in total. The van der Waals surface area contributed by atoms with E-state index >= 15 is 0 Å². The quantitative estimate of drug-likeness (QED) is 0.680. The minimum atomic E-state index is -4.36. The van der Waals surface area contributed by atoms with Gasteiger partial charge in [-0.25, -0.2) is 22.3 Å². The van der Waals surface area contributed by atoms with E-state index in [1.807, 2.05) is 4.72 Å². The standard InChI is InChI=1S/C14H16FN5O6S2/c1-8-16-11(19-13(17-8)24-2)18-12(21)20-28(22,23)10-6-27-5-9(10)14(7-15)25-3-4-26-14/h5-6H,3-4,7H2,1-2H3,(H2,16,17,18,19,20,21). The van der Waals surface area contributed by atoms with Gasteiger partial charge in [-0.3, -0.25) is 5.32 Å². The molecular formula is C14H16FN5O6S2. The summed E-state index contributed by atoms with van der Waals surface area (Å²) < 4.78 is 56.1. The molecule has 0 unspecified atom stereocenters. The molecule has 0 spiro atoms. The summed E-state index contributed by atoms with van der Waals surface area (Å²) in [5.41, 5.74) is -0.0181. The number of amides is 2. The van der Waals surface area contributed by atoms with Crippen LogP contribution in [-0.2, 0) is 25.3 Å². The molecule has 1 saturated heterocycles. The van der Waals surface area contributed by atoms with E-state index in [4.69, 9.17) is 14.2 Å². The van der Waals surface area contributed by atoms with Crippen LogP contribution in [0.4, 0.5) is 15.1 Å². The smallest absolute Gasteiger partial charge is 0.335 e. The number of hydrogen-bond donors (Lipinski definition) is 2. The number of nitrogens with one attached hydrogen (secondary N) is 2. The first-order valence-electron chi connectivity index (χ1n) is 7.80. The summed E-state index contributed by atoms with van der Waals surface area (Å²) in [4.78, 5) is 23.3. The second-order valence-corrected chi connectivity index (χ2v) is 7.88. The van der Waals surface area contributed by atoms with Crippen LogP contribution in [0.1, 0.15) is 11.4 Å². The number of nitrogens with zero attached hydrogens (tertiary/aromatic N) is 3. The molecule has 152 valence electrons. The molecule has 14 heteroatoms. The fraction of sp³-hybridized carbons (Fsp3) is 0.429. The third kappa shape index (κ3) is 4.04. The van der Waals surface area contributed by atoms with Gasteiger partial charge in [-0.05, 0) is 6.92 Å². The maximum Gasteiger partial charge on any atom is 0.335 e. The van der Waals surface area contributed by atoms with Crippen molar-refractivity contribution in [3.8, 4) is 6.01 Å². The number of anilines is 1. The molecule has 0 bridgehead atoms. The van der Waals surface area contributed by atoms with Crippen molar-refractivity contribution < 1.29 is 31.8 Å². The highest BCUT2D eigenvalue weighted by Gasteiger charge is 2.43. The first-order valence-corrected chi connectivity index (χ1v) is 10.2. The number of urea groups is 1. The normalized spacial score (nSPS) is 16.0. The van der Waals surface area contributed by atoms with E-state index in [0.29, 0.717) is 0 Å². The van der Waals surface area contributed by atoms with Crippen molar-refractivity contribution in [2.75, 3.05) is 32.3 Å². The van der Waals surface area contributed by atoms with E-state index in [1.54, 1.807) is 6.92 Å². The van der Waals surface area contributed by atoms with E-state index in [9.17, 15) is 17.6 Å². The van der Waals surface area contributed by atoms with Gasteiger partial charge in [0.05, 0.1) is 20.3 Å². The molecule has 2 aromatic heterocycles. The molecule has 0 radical (unpaired) electrons. The Labute approximate surface area is 163 Å². The zero-order valence-electron chi connectivity index (χ0n) is 14.8. The molecule has 1 fully saturated rings. The van der Waals surface area contributed by atoms with Crippen molar-refractivity contribution in [3.05, 3.63) is 22.1 Å². The molecule has 1 aliphatic rings. The largest absolute Gasteiger partial charge is 0.467 e. The van der Waals surface area contributed by atoms with Crippen molar-refractivity contribution in [1.82, 2.24) is 19.7 Å². The number of halogens is 1. The summed E-state index contributed by atoms with van der Waals surface area (Å²) in [5, 5.41) is 4.84. The van der Waals surface area contributed by atoms with Crippen LogP contribution >= 0.6 is 11.3 Å². The van der Waals surface area contributed by atoms with Gasteiger partial charge in [-0.15, -0.1) is 0 Å². The first kappa shape index (κ1) is 20.3. The minimum absolute atomic E-state index is 0.0181. The van der Waals surface area contributed by atoms with Crippen LogP contribution in [0.5, 0.6) is 6.01 Å². The van der Waals surface area contributed by atoms with Crippen LogP contribution in [0, 0.1) is 6.92 Å². The Morgan fingerprint density at radius 3 is 2.68 bits per heavy atom. The minimum Gasteiger partial charge on any atom is -0.467 e. The number of carbonyl (C=O) groups excluding carboxylic acids is 1. The first-order chi connectivity index (χ1) is 13.3. The molecule has 1 aliphatic heterocycles. The molecule has 0 aromatic carbocycles. The van der Waals surface area contributed by atoms with Gasteiger partial charge in [-0.1, -0.05) is 0 Å². The second kappa shape index (κ2) is 7.90. The zero-order chi connectivity index (χ0) is 20.4. The maximum absolute atomic E-state index is 13.6. The molecule has 2 amide bonds. The third-order valence-corrected chi connectivity index (χ3v) is 5.88. The Hall–Kier alpha value is -2.42. The predicted octanol–water partition coefficient (Wildman–Crippen LogP) is 0.930. The highest BCUT2D eigenvalue weighted by atomic mass is 32.2. The van der Waals surface area contributed by atoms with Gasteiger partial charge < -0.3 is 14.2 Å². The summed E-state index contributed by atoms with van der Waals surface area (Å²) in [5.74, 6) is -1.75. The number of aryl methyl sites for hydroxylation is 1. The molecule has 3 rings (SSSR count). The van der Waals surface area contributed by atoms with Gasteiger partial charge >= 0.3 is 12.0 Å². The van der Waals surface area contributed by atoms with Crippen LogP contribution in [0.2, 0.25) is 0 Å². The monoisotopic (exact) mass is 433 g/mol. The Balaban J connectivity index is 1.80. The van der Waals surface area contributed by atoms with E-state index in [1.165, 1.54) is 17.9 Å². The van der Waals surface area contributed by atoms with Gasteiger partial charge in [0.15, 0.2) is 0 Å². The number of hydrogen-bond acceptors (Lipinski definition) is 10. The molecule has 0 atom stereocenters. The number of alkyl halides is 1. The van der Waals surface area contributed by atoms with Crippen molar-refractivity contribution in [2.24, 2.45) is 0 Å². The highest BCUT2D eigenvalue weighted by molar-refractivity contribution is 7.90. The summed E-state index contributed by atoms with van der Waals surface area (Å²) >= 11 is 1.00. The third-order valence-electron chi connectivity index (χ3n) is 3.62. The molecular weight excluding hydrogens is 417 g/mol. The number of rotatable bonds is 6. The van der Waals surface area contributed by atoms with Crippen LogP contribution in [-0.4, -0.2) is 56.4 Å².